The summed E-state index contributed by atoms with van der Waals surface area (Å²) in [5.74, 6) is 2.33. The van der Waals surface area contributed by atoms with Crippen LogP contribution in [0.5, 0.6) is 0 Å². The quantitative estimate of drug-likeness (QED) is 0.570. The number of nitrogens with one attached hydrogen (secondary N) is 2. The minimum absolute atomic E-state index is 0.119. The van der Waals surface area contributed by atoms with Crippen molar-refractivity contribution in [3.8, 4) is 0 Å². The monoisotopic (exact) mass is 460 g/mol. The summed E-state index contributed by atoms with van der Waals surface area (Å²) >= 11 is 8.14. The van der Waals surface area contributed by atoms with Gasteiger partial charge in [-0.25, -0.2) is 4.31 Å². The average Bonchev–Trinajstić information content (AvgIpc) is 3.07. The standard InChI is InChI=1S/C24H33ClN4OS/c1-16-4-6-18(7-5-16)22-27-23(30)24(28-22)9-11-29(12-10-24)31-13-8-20-17(2)14-19(26-3)15-21(20)25/h8,13-16,18,26H,4-7,9-12H2,1-3H3,(H,27,28,30)/b13-8+. The molecule has 7 heteroatoms. The lowest BCUT2D eigenvalue weighted by molar-refractivity contribution is -0.124. The lowest BCUT2D eigenvalue weighted by Crippen LogP contribution is -2.47. The van der Waals surface area contributed by atoms with Crippen LogP contribution in [0, 0.1) is 18.8 Å². The van der Waals surface area contributed by atoms with Crippen LogP contribution in [-0.2, 0) is 4.79 Å². The summed E-state index contributed by atoms with van der Waals surface area (Å²) in [6, 6.07) is 4.05. The number of nitrogens with zero attached hydrogens (tertiary/aromatic N) is 2. The SMILES string of the molecule is CNc1cc(C)c(/C=C/SN2CCC3(CC2)N=C(C2CCC(C)CC2)NC3=O)c(Cl)c1. The molecule has 1 saturated carbocycles. The molecule has 0 unspecified atom stereocenters. The van der Waals surface area contributed by atoms with Gasteiger partial charge in [-0.15, -0.1) is 0 Å². The summed E-state index contributed by atoms with van der Waals surface area (Å²) in [7, 11) is 1.90. The zero-order valence-corrected chi connectivity index (χ0v) is 20.3. The fraction of sp³-hybridized carbons (Fsp3) is 0.583. The van der Waals surface area contributed by atoms with Gasteiger partial charge < -0.3 is 10.6 Å². The Labute approximate surface area is 195 Å². The summed E-state index contributed by atoms with van der Waals surface area (Å²) in [6.07, 6.45) is 8.43. The molecule has 5 nitrogen and oxygen atoms in total. The zero-order chi connectivity index (χ0) is 22.0. The lowest BCUT2D eigenvalue weighted by atomic mass is 9.82. The topological polar surface area (TPSA) is 56.7 Å². The number of amidine groups is 1. The molecule has 0 radical (unpaired) electrons. The third-order valence-corrected chi connectivity index (χ3v) is 8.25. The first kappa shape index (κ1) is 22.7. The minimum Gasteiger partial charge on any atom is -0.388 e. The molecule has 0 atom stereocenters. The van der Waals surface area contributed by atoms with E-state index in [0.29, 0.717) is 5.92 Å². The zero-order valence-electron chi connectivity index (χ0n) is 18.7. The summed E-state index contributed by atoms with van der Waals surface area (Å²) in [4.78, 5) is 17.8. The van der Waals surface area contributed by atoms with Gasteiger partial charge in [-0.1, -0.05) is 43.3 Å². The van der Waals surface area contributed by atoms with Gasteiger partial charge in [-0.3, -0.25) is 9.79 Å². The van der Waals surface area contributed by atoms with E-state index >= 15 is 0 Å². The van der Waals surface area contributed by atoms with E-state index in [1.165, 1.54) is 12.8 Å². The molecule has 2 N–H and O–H groups in total. The first-order valence-corrected chi connectivity index (χ1v) is 12.6. The molecule has 2 aliphatic heterocycles. The molecule has 1 amide bonds. The third kappa shape index (κ3) is 4.96. The smallest absolute Gasteiger partial charge is 0.253 e. The predicted molar refractivity (Wildman–Crippen MR) is 133 cm³/mol. The first-order valence-electron chi connectivity index (χ1n) is 11.4. The number of carbonyl (C=O) groups is 1. The summed E-state index contributed by atoms with van der Waals surface area (Å²) in [6.45, 7) is 6.10. The molecule has 0 aromatic heterocycles. The minimum atomic E-state index is -0.540. The molecule has 1 aliphatic carbocycles. The van der Waals surface area contributed by atoms with E-state index in [4.69, 9.17) is 16.6 Å². The summed E-state index contributed by atoms with van der Waals surface area (Å²) in [5.41, 5.74) is 2.68. The van der Waals surface area contributed by atoms with Gasteiger partial charge in [0.1, 0.15) is 11.4 Å². The number of benzene rings is 1. The van der Waals surface area contributed by atoms with Crippen LogP contribution in [0.4, 0.5) is 5.69 Å². The highest BCUT2D eigenvalue weighted by atomic mass is 35.5. The van der Waals surface area contributed by atoms with Crippen LogP contribution in [0.1, 0.15) is 56.6 Å². The molecule has 1 saturated heterocycles. The van der Waals surface area contributed by atoms with Crippen molar-refractivity contribution in [2.45, 2.75) is 57.9 Å². The second-order valence-corrected chi connectivity index (χ2v) is 10.6. The van der Waals surface area contributed by atoms with Crippen LogP contribution in [0.2, 0.25) is 5.02 Å². The number of rotatable bonds is 5. The Morgan fingerprint density at radius 3 is 2.61 bits per heavy atom. The highest BCUT2D eigenvalue weighted by Crippen LogP contribution is 2.37. The Morgan fingerprint density at radius 2 is 1.97 bits per heavy atom. The predicted octanol–water partition coefficient (Wildman–Crippen LogP) is 5.50. The van der Waals surface area contributed by atoms with Gasteiger partial charge in [0.15, 0.2) is 0 Å². The third-order valence-electron chi connectivity index (χ3n) is 7.02. The summed E-state index contributed by atoms with van der Waals surface area (Å²) < 4.78 is 2.32. The Balaban J connectivity index is 1.34. The van der Waals surface area contributed by atoms with Crippen molar-refractivity contribution in [3.05, 3.63) is 33.7 Å². The molecule has 31 heavy (non-hydrogen) atoms. The second-order valence-electron chi connectivity index (χ2n) is 9.22. The van der Waals surface area contributed by atoms with Crippen LogP contribution in [0.25, 0.3) is 6.08 Å². The van der Waals surface area contributed by atoms with Gasteiger partial charge in [0.2, 0.25) is 0 Å². The van der Waals surface area contributed by atoms with E-state index in [1.54, 1.807) is 11.9 Å². The Bertz CT molecular complexity index is 861. The average molecular weight is 461 g/mol. The van der Waals surface area contributed by atoms with Crippen LogP contribution < -0.4 is 10.6 Å². The van der Waals surface area contributed by atoms with Gasteiger partial charge in [-0.05, 0) is 73.3 Å². The number of hydrogen-bond acceptors (Lipinski definition) is 5. The van der Waals surface area contributed by atoms with Crippen molar-refractivity contribution in [2.75, 3.05) is 25.5 Å². The maximum Gasteiger partial charge on any atom is 0.253 e. The molecule has 4 rings (SSSR count). The number of anilines is 1. The van der Waals surface area contributed by atoms with Crippen LogP contribution in [0.15, 0.2) is 22.5 Å². The molecule has 1 aromatic carbocycles. The van der Waals surface area contributed by atoms with Gasteiger partial charge in [-0.2, -0.15) is 0 Å². The number of aliphatic imine (C=N–C) groups is 1. The van der Waals surface area contributed by atoms with E-state index in [9.17, 15) is 4.79 Å². The van der Waals surface area contributed by atoms with Crippen molar-refractivity contribution in [1.82, 2.24) is 9.62 Å². The lowest BCUT2D eigenvalue weighted by Gasteiger charge is -2.34. The van der Waals surface area contributed by atoms with Crippen molar-refractivity contribution in [3.63, 3.8) is 0 Å². The molecule has 1 spiro atoms. The number of halogens is 1. The molecule has 168 valence electrons. The van der Waals surface area contributed by atoms with E-state index in [1.807, 2.05) is 13.1 Å². The molecule has 1 aromatic rings. The number of piperidine rings is 1. The maximum atomic E-state index is 12.8. The highest BCUT2D eigenvalue weighted by molar-refractivity contribution is 8.00. The van der Waals surface area contributed by atoms with Crippen LogP contribution >= 0.6 is 23.5 Å². The first-order chi connectivity index (χ1) is 14.9. The van der Waals surface area contributed by atoms with Crippen LogP contribution in [-0.4, -0.2) is 41.7 Å². The van der Waals surface area contributed by atoms with Crippen molar-refractivity contribution >= 4 is 47.1 Å². The second kappa shape index (κ2) is 9.55. The van der Waals surface area contributed by atoms with Gasteiger partial charge >= 0.3 is 0 Å². The largest absolute Gasteiger partial charge is 0.388 e. The van der Waals surface area contributed by atoms with E-state index < -0.39 is 5.54 Å². The van der Waals surface area contributed by atoms with Gasteiger partial charge in [0, 0.05) is 31.7 Å². The normalized spacial score (nSPS) is 26.3. The Kier molecular flexibility index (Phi) is 6.99. The van der Waals surface area contributed by atoms with Crippen molar-refractivity contribution < 1.29 is 4.79 Å². The maximum absolute atomic E-state index is 12.8. The van der Waals surface area contributed by atoms with Crippen molar-refractivity contribution in [1.29, 1.82) is 0 Å². The van der Waals surface area contributed by atoms with E-state index in [0.717, 1.165) is 72.4 Å². The van der Waals surface area contributed by atoms with Gasteiger partial charge in [0.25, 0.3) is 5.91 Å². The molecular formula is C24H33ClN4OS. The summed E-state index contributed by atoms with van der Waals surface area (Å²) in [5, 5.41) is 9.13. The van der Waals surface area contributed by atoms with E-state index in [-0.39, 0.29) is 5.91 Å². The highest BCUT2D eigenvalue weighted by Gasteiger charge is 2.47. The fourth-order valence-corrected chi connectivity index (χ4v) is 5.96. The molecular weight excluding hydrogens is 428 g/mol. The Hall–Kier alpha value is -1.50. The number of hydrogen-bond donors (Lipinski definition) is 2. The number of aryl methyl sites for hydroxylation is 1. The van der Waals surface area contributed by atoms with Crippen LogP contribution in [0.3, 0.4) is 0 Å². The molecule has 0 bridgehead atoms. The molecule has 2 fully saturated rings. The fourth-order valence-electron chi connectivity index (χ4n) is 4.86. The number of amides is 1. The number of carbonyl (C=O) groups excluding carboxylic acids is 1. The van der Waals surface area contributed by atoms with Crippen molar-refractivity contribution in [2.24, 2.45) is 16.8 Å². The Morgan fingerprint density at radius 1 is 1.26 bits per heavy atom. The molecule has 3 aliphatic rings. The van der Waals surface area contributed by atoms with Gasteiger partial charge in [0.05, 0.1) is 5.02 Å². The molecule has 2 heterocycles. The van der Waals surface area contributed by atoms with E-state index in [2.05, 4.69) is 46.3 Å².